The standard InChI is InChI=1S/C17H21NO/c1-12(2)14-8-7-9-15(13(3)4)17(14)16-10-5-6-11-18(16)19/h5-13H,1-4H3. The third-order valence-electron chi connectivity index (χ3n) is 3.45. The molecule has 2 nitrogen and oxygen atoms in total. The van der Waals surface area contributed by atoms with Crippen molar-refractivity contribution in [3.05, 3.63) is 58.9 Å². The molecule has 2 heteroatoms. The molecule has 0 amide bonds. The van der Waals surface area contributed by atoms with Crippen LogP contribution in [0, 0.1) is 5.21 Å². The molecule has 1 aromatic carbocycles. The van der Waals surface area contributed by atoms with Gasteiger partial charge in [-0.05, 0) is 29.0 Å². The van der Waals surface area contributed by atoms with Crippen LogP contribution in [-0.4, -0.2) is 0 Å². The second-order valence-corrected chi connectivity index (χ2v) is 5.53. The maximum absolute atomic E-state index is 12.1. The number of benzene rings is 1. The summed E-state index contributed by atoms with van der Waals surface area (Å²) in [6, 6.07) is 11.9. The molecule has 1 heterocycles. The Morgan fingerprint density at radius 2 is 1.42 bits per heavy atom. The molecule has 0 aliphatic carbocycles. The van der Waals surface area contributed by atoms with Crippen LogP contribution < -0.4 is 4.73 Å². The van der Waals surface area contributed by atoms with E-state index in [0.29, 0.717) is 11.8 Å². The van der Waals surface area contributed by atoms with Crippen LogP contribution in [0.15, 0.2) is 42.6 Å². The molecule has 2 aromatic rings. The van der Waals surface area contributed by atoms with Gasteiger partial charge in [-0.2, -0.15) is 4.73 Å². The molecule has 0 aliphatic heterocycles. The van der Waals surface area contributed by atoms with Crippen molar-refractivity contribution in [3.63, 3.8) is 0 Å². The summed E-state index contributed by atoms with van der Waals surface area (Å²) in [6.45, 7) is 8.67. The van der Waals surface area contributed by atoms with Crippen molar-refractivity contribution < 1.29 is 4.73 Å². The average molecular weight is 255 g/mol. The number of nitrogens with zero attached hydrogens (tertiary/aromatic N) is 1. The first-order chi connectivity index (χ1) is 9.02. The van der Waals surface area contributed by atoms with Gasteiger partial charge in [-0.1, -0.05) is 45.9 Å². The summed E-state index contributed by atoms with van der Waals surface area (Å²) in [6.07, 6.45) is 1.57. The van der Waals surface area contributed by atoms with Crippen LogP contribution in [0.2, 0.25) is 0 Å². The predicted octanol–water partition coefficient (Wildman–Crippen LogP) is 4.23. The van der Waals surface area contributed by atoms with E-state index in [4.69, 9.17) is 0 Å². The lowest BCUT2D eigenvalue weighted by Gasteiger charge is -2.18. The highest BCUT2D eigenvalue weighted by Crippen LogP contribution is 2.34. The Morgan fingerprint density at radius 1 is 0.842 bits per heavy atom. The van der Waals surface area contributed by atoms with Gasteiger partial charge in [0.1, 0.15) is 0 Å². The molecule has 100 valence electrons. The molecule has 2 rings (SSSR count). The van der Waals surface area contributed by atoms with Gasteiger partial charge >= 0.3 is 0 Å². The zero-order chi connectivity index (χ0) is 14.0. The minimum Gasteiger partial charge on any atom is -0.618 e. The van der Waals surface area contributed by atoms with Crippen molar-refractivity contribution in [2.75, 3.05) is 0 Å². The van der Waals surface area contributed by atoms with Crippen molar-refractivity contribution in [1.29, 1.82) is 0 Å². The quantitative estimate of drug-likeness (QED) is 0.595. The van der Waals surface area contributed by atoms with E-state index in [0.717, 1.165) is 16.0 Å². The van der Waals surface area contributed by atoms with Crippen molar-refractivity contribution in [1.82, 2.24) is 0 Å². The van der Waals surface area contributed by atoms with E-state index < -0.39 is 0 Å². The summed E-state index contributed by atoms with van der Waals surface area (Å²) in [5.74, 6) is 0.794. The first-order valence-electron chi connectivity index (χ1n) is 6.83. The second kappa shape index (κ2) is 5.43. The van der Waals surface area contributed by atoms with E-state index in [1.807, 2.05) is 12.1 Å². The van der Waals surface area contributed by atoms with Crippen LogP contribution in [0.1, 0.15) is 50.7 Å². The van der Waals surface area contributed by atoms with Crippen LogP contribution >= 0.6 is 0 Å². The van der Waals surface area contributed by atoms with E-state index in [1.54, 1.807) is 12.3 Å². The minimum atomic E-state index is 0.397. The molecule has 0 fully saturated rings. The molecule has 0 aliphatic rings. The van der Waals surface area contributed by atoms with E-state index in [2.05, 4.69) is 45.9 Å². The van der Waals surface area contributed by atoms with Gasteiger partial charge in [-0.3, -0.25) is 0 Å². The molecule has 19 heavy (non-hydrogen) atoms. The number of hydrogen-bond acceptors (Lipinski definition) is 1. The Balaban J connectivity index is 2.76. The van der Waals surface area contributed by atoms with Crippen LogP contribution in [0.3, 0.4) is 0 Å². The second-order valence-electron chi connectivity index (χ2n) is 5.53. The summed E-state index contributed by atoms with van der Waals surface area (Å²) in [7, 11) is 0. The Hall–Kier alpha value is -1.83. The van der Waals surface area contributed by atoms with Gasteiger partial charge in [0, 0.05) is 12.1 Å². The molecule has 1 aromatic heterocycles. The zero-order valence-corrected chi connectivity index (χ0v) is 12.1. The smallest absolute Gasteiger partial charge is 0.224 e. The normalized spacial score (nSPS) is 11.3. The maximum Gasteiger partial charge on any atom is 0.224 e. The third kappa shape index (κ3) is 2.62. The summed E-state index contributed by atoms with van der Waals surface area (Å²) >= 11 is 0. The summed E-state index contributed by atoms with van der Waals surface area (Å²) < 4.78 is 0.965. The topological polar surface area (TPSA) is 26.9 Å². The molecule has 0 radical (unpaired) electrons. The highest BCUT2D eigenvalue weighted by atomic mass is 16.5. The lowest BCUT2D eigenvalue weighted by Crippen LogP contribution is -2.29. The minimum absolute atomic E-state index is 0.397. The SMILES string of the molecule is CC(C)c1cccc(C(C)C)c1-c1cccc[n+]1[O-]. The molecule has 0 unspecified atom stereocenters. The van der Waals surface area contributed by atoms with Gasteiger partial charge in [0.25, 0.3) is 0 Å². The van der Waals surface area contributed by atoms with Crippen LogP contribution in [0.25, 0.3) is 11.3 Å². The van der Waals surface area contributed by atoms with Gasteiger partial charge in [-0.25, -0.2) is 0 Å². The highest BCUT2D eigenvalue weighted by molar-refractivity contribution is 5.67. The van der Waals surface area contributed by atoms with Crippen LogP contribution in [-0.2, 0) is 0 Å². The Labute approximate surface area is 115 Å². The highest BCUT2D eigenvalue weighted by Gasteiger charge is 2.20. The first-order valence-corrected chi connectivity index (χ1v) is 6.83. The van der Waals surface area contributed by atoms with Gasteiger partial charge in [0.2, 0.25) is 5.69 Å². The average Bonchev–Trinajstić information content (AvgIpc) is 2.38. The number of pyridine rings is 1. The predicted molar refractivity (Wildman–Crippen MR) is 79.0 cm³/mol. The summed E-state index contributed by atoms with van der Waals surface area (Å²) in [5, 5.41) is 12.1. The maximum atomic E-state index is 12.1. The van der Waals surface area contributed by atoms with Crippen molar-refractivity contribution in [2.45, 2.75) is 39.5 Å². The van der Waals surface area contributed by atoms with Crippen LogP contribution in [0.5, 0.6) is 0 Å². The summed E-state index contributed by atoms with van der Waals surface area (Å²) in [4.78, 5) is 0. The van der Waals surface area contributed by atoms with Crippen molar-refractivity contribution in [2.24, 2.45) is 0 Å². The Bertz CT molecular complexity index is 547. The number of hydrogen-bond donors (Lipinski definition) is 0. The number of aromatic nitrogens is 1. The third-order valence-corrected chi connectivity index (χ3v) is 3.45. The Morgan fingerprint density at radius 3 is 1.89 bits per heavy atom. The van der Waals surface area contributed by atoms with E-state index in [1.165, 1.54) is 11.1 Å². The van der Waals surface area contributed by atoms with Gasteiger partial charge in [0.15, 0.2) is 6.20 Å². The van der Waals surface area contributed by atoms with Crippen molar-refractivity contribution in [3.8, 4) is 11.3 Å². The molecule has 0 spiro atoms. The molecular weight excluding hydrogens is 234 g/mol. The molecule has 0 atom stereocenters. The number of rotatable bonds is 3. The summed E-state index contributed by atoms with van der Waals surface area (Å²) in [5.41, 5.74) is 4.32. The van der Waals surface area contributed by atoms with Gasteiger partial charge in [0.05, 0.1) is 5.56 Å². The largest absolute Gasteiger partial charge is 0.618 e. The van der Waals surface area contributed by atoms with E-state index in [9.17, 15) is 5.21 Å². The van der Waals surface area contributed by atoms with E-state index >= 15 is 0 Å². The molecule has 0 saturated carbocycles. The molecule has 0 saturated heterocycles. The van der Waals surface area contributed by atoms with Gasteiger partial charge in [-0.15, -0.1) is 0 Å². The lowest BCUT2D eigenvalue weighted by atomic mass is 9.87. The zero-order valence-electron chi connectivity index (χ0n) is 12.1. The molecule has 0 N–H and O–H groups in total. The van der Waals surface area contributed by atoms with Crippen LogP contribution in [0.4, 0.5) is 0 Å². The fourth-order valence-electron chi connectivity index (χ4n) is 2.47. The Kier molecular flexibility index (Phi) is 3.89. The molecule has 0 bridgehead atoms. The van der Waals surface area contributed by atoms with Gasteiger partial charge < -0.3 is 5.21 Å². The fraction of sp³-hybridized carbons (Fsp3) is 0.353. The lowest BCUT2D eigenvalue weighted by molar-refractivity contribution is -0.593. The fourth-order valence-corrected chi connectivity index (χ4v) is 2.47. The monoisotopic (exact) mass is 255 g/mol. The molecular formula is C17H21NO. The van der Waals surface area contributed by atoms with E-state index in [-0.39, 0.29) is 0 Å². The first kappa shape index (κ1) is 13.6. The van der Waals surface area contributed by atoms with Crippen molar-refractivity contribution >= 4 is 0 Å².